The van der Waals surface area contributed by atoms with E-state index >= 15 is 0 Å². The van der Waals surface area contributed by atoms with Crippen molar-refractivity contribution in [3.63, 3.8) is 0 Å². The number of fused-ring (bicyclic) bond motifs is 1. The van der Waals surface area contributed by atoms with Gasteiger partial charge in [0.05, 0.1) is 12.2 Å². The second kappa shape index (κ2) is 4.39. The molecule has 0 radical (unpaired) electrons. The predicted octanol–water partition coefficient (Wildman–Crippen LogP) is 2.08. The van der Waals surface area contributed by atoms with E-state index in [1.165, 1.54) is 0 Å². The van der Waals surface area contributed by atoms with Crippen molar-refractivity contribution < 1.29 is 9.53 Å². The Balaban J connectivity index is 2.33. The van der Waals surface area contributed by atoms with E-state index in [1.54, 1.807) is 0 Å². The first-order valence-corrected chi connectivity index (χ1v) is 5.40. The molecule has 1 aliphatic rings. The zero-order chi connectivity index (χ0) is 11.5. The number of carbonyl (C=O) groups is 1. The minimum absolute atomic E-state index is 0.219. The molecule has 3 nitrogen and oxygen atoms in total. The molecule has 0 saturated carbocycles. The van der Waals surface area contributed by atoms with Crippen LogP contribution in [0.1, 0.15) is 12.5 Å². The Morgan fingerprint density at radius 1 is 1.44 bits per heavy atom. The molecule has 0 saturated heterocycles. The van der Waals surface area contributed by atoms with Crippen LogP contribution in [-0.4, -0.2) is 26.2 Å². The lowest BCUT2D eigenvalue weighted by molar-refractivity contribution is -0.138. The Bertz CT molecular complexity index is 437. The number of hydrogen-bond donors (Lipinski definition) is 0. The van der Waals surface area contributed by atoms with Crippen molar-refractivity contribution in [1.82, 2.24) is 0 Å². The summed E-state index contributed by atoms with van der Waals surface area (Å²) in [5.74, 6) is -0.219. The van der Waals surface area contributed by atoms with Crippen molar-refractivity contribution in [3.05, 3.63) is 35.4 Å². The van der Waals surface area contributed by atoms with Crippen LogP contribution in [-0.2, 0) is 9.53 Å². The molecule has 0 fully saturated rings. The standard InChI is InChI=1S/C13H15NO2/c1-3-16-13(15)11-8-10-6-4-5-7-12(10)14(2)9-11/h4-8H,3,9H2,1-2H3. The van der Waals surface area contributed by atoms with E-state index < -0.39 is 0 Å². The van der Waals surface area contributed by atoms with Gasteiger partial charge in [-0.05, 0) is 24.6 Å². The first-order chi connectivity index (χ1) is 7.72. The third kappa shape index (κ3) is 1.94. The van der Waals surface area contributed by atoms with Crippen LogP contribution in [0.3, 0.4) is 0 Å². The number of anilines is 1. The van der Waals surface area contributed by atoms with Crippen LogP contribution in [0.15, 0.2) is 29.8 Å². The highest BCUT2D eigenvalue weighted by molar-refractivity contribution is 5.97. The van der Waals surface area contributed by atoms with E-state index in [9.17, 15) is 4.79 Å². The monoisotopic (exact) mass is 217 g/mol. The van der Waals surface area contributed by atoms with Crippen LogP contribution in [0.25, 0.3) is 6.08 Å². The minimum atomic E-state index is -0.219. The smallest absolute Gasteiger partial charge is 0.335 e. The fourth-order valence-corrected chi connectivity index (χ4v) is 1.88. The molecular weight excluding hydrogens is 202 g/mol. The zero-order valence-corrected chi connectivity index (χ0v) is 9.56. The summed E-state index contributed by atoms with van der Waals surface area (Å²) < 4.78 is 5.01. The van der Waals surface area contributed by atoms with Crippen molar-refractivity contribution in [2.45, 2.75) is 6.92 Å². The van der Waals surface area contributed by atoms with Gasteiger partial charge in [0.25, 0.3) is 0 Å². The topological polar surface area (TPSA) is 29.5 Å². The maximum atomic E-state index is 11.6. The first-order valence-electron chi connectivity index (χ1n) is 5.40. The minimum Gasteiger partial charge on any atom is -0.463 e. The lowest BCUT2D eigenvalue weighted by Crippen LogP contribution is -2.27. The van der Waals surface area contributed by atoms with Gasteiger partial charge in [0, 0.05) is 19.3 Å². The Kier molecular flexibility index (Phi) is 2.95. The molecular formula is C13H15NO2. The number of hydrogen-bond acceptors (Lipinski definition) is 3. The normalized spacial score (nSPS) is 14.1. The second-order valence-electron chi connectivity index (χ2n) is 3.80. The summed E-state index contributed by atoms with van der Waals surface area (Å²) >= 11 is 0. The molecule has 1 aromatic rings. The Hall–Kier alpha value is -1.77. The van der Waals surface area contributed by atoms with Gasteiger partial charge in [-0.15, -0.1) is 0 Å². The number of para-hydroxylation sites is 1. The van der Waals surface area contributed by atoms with Gasteiger partial charge in [0.15, 0.2) is 0 Å². The summed E-state index contributed by atoms with van der Waals surface area (Å²) in [7, 11) is 1.98. The number of rotatable bonds is 2. The van der Waals surface area contributed by atoms with Crippen LogP contribution in [0.2, 0.25) is 0 Å². The van der Waals surface area contributed by atoms with Crippen molar-refractivity contribution in [3.8, 4) is 0 Å². The lowest BCUT2D eigenvalue weighted by Gasteiger charge is -2.26. The van der Waals surface area contributed by atoms with Gasteiger partial charge in [0.2, 0.25) is 0 Å². The van der Waals surface area contributed by atoms with Gasteiger partial charge in [-0.25, -0.2) is 4.79 Å². The summed E-state index contributed by atoms with van der Waals surface area (Å²) in [5, 5.41) is 0. The number of esters is 1. The Morgan fingerprint density at radius 3 is 2.94 bits per heavy atom. The molecule has 84 valence electrons. The average molecular weight is 217 g/mol. The number of nitrogens with zero attached hydrogens (tertiary/aromatic N) is 1. The lowest BCUT2D eigenvalue weighted by atomic mass is 10.0. The van der Waals surface area contributed by atoms with Crippen LogP contribution in [0.4, 0.5) is 5.69 Å². The van der Waals surface area contributed by atoms with Gasteiger partial charge in [-0.2, -0.15) is 0 Å². The largest absolute Gasteiger partial charge is 0.463 e. The first kappa shape index (κ1) is 10.7. The molecule has 0 atom stereocenters. The van der Waals surface area contributed by atoms with Crippen LogP contribution in [0.5, 0.6) is 0 Å². The van der Waals surface area contributed by atoms with E-state index in [4.69, 9.17) is 4.74 Å². The van der Waals surface area contributed by atoms with E-state index in [1.807, 2.05) is 44.3 Å². The predicted molar refractivity (Wildman–Crippen MR) is 64.3 cm³/mol. The second-order valence-corrected chi connectivity index (χ2v) is 3.80. The van der Waals surface area contributed by atoms with Crippen molar-refractivity contribution >= 4 is 17.7 Å². The third-order valence-corrected chi connectivity index (χ3v) is 2.62. The number of ether oxygens (including phenoxy) is 1. The molecule has 0 unspecified atom stereocenters. The molecule has 0 aliphatic carbocycles. The molecule has 3 heteroatoms. The molecule has 0 bridgehead atoms. The van der Waals surface area contributed by atoms with Gasteiger partial charge in [-0.1, -0.05) is 18.2 Å². The third-order valence-electron chi connectivity index (χ3n) is 2.62. The maximum absolute atomic E-state index is 11.6. The average Bonchev–Trinajstić information content (AvgIpc) is 2.29. The summed E-state index contributed by atoms with van der Waals surface area (Å²) in [6, 6.07) is 8.02. The van der Waals surface area contributed by atoms with Gasteiger partial charge < -0.3 is 9.64 Å². The zero-order valence-electron chi connectivity index (χ0n) is 9.56. The molecule has 0 spiro atoms. The van der Waals surface area contributed by atoms with Crippen molar-refractivity contribution in [2.75, 3.05) is 25.1 Å². The molecule has 1 aromatic carbocycles. The highest BCUT2D eigenvalue weighted by Gasteiger charge is 2.19. The van der Waals surface area contributed by atoms with E-state index in [0.29, 0.717) is 18.7 Å². The summed E-state index contributed by atoms with van der Waals surface area (Å²) in [6.45, 7) is 2.84. The molecule has 0 aromatic heterocycles. The van der Waals surface area contributed by atoms with Gasteiger partial charge in [0.1, 0.15) is 0 Å². The molecule has 0 N–H and O–H groups in total. The summed E-state index contributed by atoms with van der Waals surface area (Å²) in [6.07, 6.45) is 1.91. The van der Waals surface area contributed by atoms with Gasteiger partial charge in [-0.3, -0.25) is 0 Å². The number of likely N-dealkylation sites (N-methyl/N-ethyl adjacent to an activating group) is 1. The molecule has 2 rings (SSSR count). The molecule has 16 heavy (non-hydrogen) atoms. The Morgan fingerprint density at radius 2 is 2.19 bits per heavy atom. The van der Waals surface area contributed by atoms with Gasteiger partial charge >= 0.3 is 5.97 Å². The SMILES string of the molecule is CCOC(=O)C1=Cc2ccccc2N(C)C1. The fraction of sp³-hybridized carbons (Fsp3) is 0.308. The van der Waals surface area contributed by atoms with E-state index in [0.717, 1.165) is 11.3 Å². The van der Waals surface area contributed by atoms with E-state index in [-0.39, 0.29) is 5.97 Å². The quantitative estimate of drug-likeness (QED) is 0.710. The summed E-state index contributed by atoms with van der Waals surface area (Å²) in [4.78, 5) is 13.7. The Labute approximate surface area is 95.3 Å². The fourth-order valence-electron chi connectivity index (χ4n) is 1.88. The van der Waals surface area contributed by atoms with E-state index in [2.05, 4.69) is 4.90 Å². The number of benzene rings is 1. The highest BCUT2D eigenvalue weighted by atomic mass is 16.5. The van der Waals surface area contributed by atoms with Crippen LogP contribution >= 0.6 is 0 Å². The van der Waals surface area contributed by atoms with Crippen molar-refractivity contribution in [2.24, 2.45) is 0 Å². The number of carbonyl (C=O) groups excluding carboxylic acids is 1. The summed E-state index contributed by atoms with van der Waals surface area (Å²) in [5.41, 5.74) is 2.93. The van der Waals surface area contributed by atoms with Crippen LogP contribution in [0, 0.1) is 0 Å². The van der Waals surface area contributed by atoms with Crippen molar-refractivity contribution in [1.29, 1.82) is 0 Å². The molecule has 0 amide bonds. The molecule has 1 aliphatic heterocycles. The highest BCUT2D eigenvalue weighted by Crippen LogP contribution is 2.27. The maximum Gasteiger partial charge on any atom is 0.335 e. The van der Waals surface area contributed by atoms with Crippen LogP contribution < -0.4 is 4.90 Å². The molecule has 1 heterocycles.